The van der Waals surface area contributed by atoms with Gasteiger partial charge >= 0.3 is 5.97 Å². The SMILES string of the molecule is NCC1(C(=O)N[C@H](CCC(N)=O)C(=O)O)CCCCC1. The molecular formula is C13H23N3O4. The van der Waals surface area contributed by atoms with Gasteiger partial charge in [-0.05, 0) is 19.3 Å². The van der Waals surface area contributed by atoms with E-state index in [2.05, 4.69) is 5.32 Å². The van der Waals surface area contributed by atoms with E-state index in [1.165, 1.54) is 0 Å². The first kappa shape index (κ1) is 16.4. The minimum atomic E-state index is -1.16. The highest BCUT2D eigenvalue weighted by Gasteiger charge is 2.39. The van der Waals surface area contributed by atoms with Gasteiger partial charge < -0.3 is 21.9 Å². The molecule has 0 unspecified atom stereocenters. The van der Waals surface area contributed by atoms with Crippen LogP contribution in [0.4, 0.5) is 0 Å². The predicted octanol–water partition coefficient (Wildman–Crippen LogP) is -0.269. The Morgan fingerprint density at radius 3 is 2.25 bits per heavy atom. The Labute approximate surface area is 118 Å². The zero-order valence-corrected chi connectivity index (χ0v) is 11.6. The van der Waals surface area contributed by atoms with Crippen LogP contribution in [0, 0.1) is 5.41 Å². The normalized spacial score (nSPS) is 19.1. The predicted molar refractivity (Wildman–Crippen MR) is 72.6 cm³/mol. The van der Waals surface area contributed by atoms with Crippen molar-refractivity contribution < 1.29 is 19.5 Å². The van der Waals surface area contributed by atoms with E-state index < -0.39 is 23.3 Å². The molecule has 0 aromatic rings. The molecule has 0 aliphatic heterocycles. The maximum absolute atomic E-state index is 12.3. The van der Waals surface area contributed by atoms with Gasteiger partial charge in [-0.1, -0.05) is 19.3 Å². The Morgan fingerprint density at radius 1 is 1.20 bits per heavy atom. The fraction of sp³-hybridized carbons (Fsp3) is 0.769. The number of carboxylic acid groups (broad SMARTS) is 1. The fourth-order valence-electron chi connectivity index (χ4n) is 2.61. The molecule has 0 radical (unpaired) electrons. The van der Waals surface area contributed by atoms with Gasteiger partial charge in [-0.25, -0.2) is 4.79 Å². The van der Waals surface area contributed by atoms with Crippen molar-refractivity contribution >= 4 is 17.8 Å². The summed E-state index contributed by atoms with van der Waals surface area (Å²) in [6.07, 6.45) is 4.19. The maximum atomic E-state index is 12.3. The molecular weight excluding hydrogens is 262 g/mol. The molecule has 6 N–H and O–H groups in total. The molecule has 114 valence electrons. The van der Waals surface area contributed by atoms with Crippen molar-refractivity contribution in [1.82, 2.24) is 5.32 Å². The standard InChI is InChI=1S/C13H23N3O4/c14-8-13(6-2-1-3-7-13)12(20)16-9(11(18)19)4-5-10(15)17/h9H,1-8,14H2,(H2,15,17)(H,16,20)(H,18,19)/t9-/m1/s1. The highest BCUT2D eigenvalue weighted by molar-refractivity contribution is 5.88. The van der Waals surface area contributed by atoms with Crippen LogP contribution in [0.3, 0.4) is 0 Å². The first-order valence-corrected chi connectivity index (χ1v) is 6.93. The lowest BCUT2D eigenvalue weighted by atomic mass is 9.73. The lowest BCUT2D eigenvalue weighted by Crippen LogP contribution is -2.52. The minimum Gasteiger partial charge on any atom is -0.480 e. The maximum Gasteiger partial charge on any atom is 0.326 e. The number of carbonyl (C=O) groups excluding carboxylic acids is 2. The van der Waals surface area contributed by atoms with Crippen LogP contribution in [0.2, 0.25) is 0 Å². The van der Waals surface area contributed by atoms with Crippen LogP contribution in [0.5, 0.6) is 0 Å². The number of aliphatic carboxylic acids is 1. The largest absolute Gasteiger partial charge is 0.480 e. The van der Waals surface area contributed by atoms with E-state index in [4.69, 9.17) is 16.6 Å². The van der Waals surface area contributed by atoms with Gasteiger partial charge in [0.15, 0.2) is 0 Å². The summed E-state index contributed by atoms with van der Waals surface area (Å²) in [5, 5.41) is 11.6. The van der Waals surface area contributed by atoms with Crippen LogP contribution in [0.1, 0.15) is 44.9 Å². The summed E-state index contributed by atoms with van der Waals surface area (Å²) in [6.45, 7) is 0.209. The number of carboxylic acids is 1. The third-order valence-corrected chi connectivity index (χ3v) is 3.97. The van der Waals surface area contributed by atoms with Crippen LogP contribution in [-0.4, -0.2) is 35.5 Å². The van der Waals surface area contributed by atoms with Gasteiger partial charge in [-0.2, -0.15) is 0 Å². The van der Waals surface area contributed by atoms with Crippen molar-refractivity contribution in [3.63, 3.8) is 0 Å². The molecule has 1 aliphatic carbocycles. The number of nitrogens with two attached hydrogens (primary N) is 2. The molecule has 0 heterocycles. The quantitative estimate of drug-likeness (QED) is 0.510. The molecule has 0 aromatic carbocycles. The summed E-state index contributed by atoms with van der Waals surface area (Å²) in [5.41, 5.74) is 10.1. The Bertz CT molecular complexity index is 378. The Kier molecular flexibility index (Phi) is 5.94. The van der Waals surface area contributed by atoms with Crippen LogP contribution in [0.25, 0.3) is 0 Å². The van der Waals surface area contributed by atoms with Crippen LogP contribution in [0.15, 0.2) is 0 Å². The van der Waals surface area contributed by atoms with E-state index in [0.29, 0.717) is 12.8 Å². The van der Waals surface area contributed by atoms with E-state index in [1.807, 2.05) is 0 Å². The van der Waals surface area contributed by atoms with Gasteiger partial charge in [0.1, 0.15) is 6.04 Å². The molecule has 1 fully saturated rings. The van der Waals surface area contributed by atoms with Crippen molar-refractivity contribution in [2.75, 3.05) is 6.54 Å². The molecule has 2 amide bonds. The summed E-state index contributed by atoms with van der Waals surface area (Å²) in [4.78, 5) is 34.2. The third-order valence-electron chi connectivity index (χ3n) is 3.97. The van der Waals surface area contributed by atoms with E-state index in [1.54, 1.807) is 0 Å². The average Bonchev–Trinajstić information content (AvgIpc) is 2.43. The number of nitrogens with one attached hydrogen (secondary N) is 1. The first-order chi connectivity index (χ1) is 9.41. The highest BCUT2D eigenvalue weighted by Crippen LogP contribution is 2.35. The highest BCUT2D eigenvalue weighted by atomic mass is 16.4. The molecule has 7 nitrogen and oxygen atoms in total. The summed E-state index contributed by atoms with van der Waals surface area (Å²) in [7, 11) is 0. The van der Waals surface area contributed by atoms with Gasteiger partial charge in [0.2, 0.25) is 11.8 Å². The van der Waals surface area contributed by atoms with E-state index in [0.717, 1.165) is 19.3 Å². The van der Waals surface area contributed by atoms with Gasteiger partial charge in [0.05, 0.1) is 5.41 Å². The van der Waals surface area contributed by atoms with Crippen molar-refractivity contribution in [1.29, 1.82) is 0 Å². The van der Waals surface area contributed by atoms with Crippen LogP contribution in [-0.2, 0) is 14.4 Å². The Morgan fingerprint density at radius 2 is 1.80 bits per heavy atom. The molecule has 1 saturated carbocycles. The molecule has 0 spiro atoms. The average molecular weight is 285 g/mol. The second kappa shape index (κ2) is 7.23. The number of carbonyl (C=O) groups is 3. The number of amides is 2. The molecule has 0 saturated heterocycles. The molecule has 0 aromatic heterocycles. The monoisotopic (exact) mass is 285 g/mol. The second-order valence-corrected chi connectivity index (χ2v) is 5.41. The third kappa shape index (κ3) is 4.19. The van der Waals surface area contributed by atoms with E-state index >= 15 is 0 Å². The van der Waals surface area contributed by atoms with E-state index in [9.17, 15) is 14.4 Å². The van der Waals surface area contributed by atoms with Crippen LogP contribution < -0.4 is 16.8 Å². The van der Waals surface area contributed by atoms with Gasteiger partial charge in [-0.15, -0.1) is 0 Å². The lowest BCUT2D eigenvalue weighted by Gasteiger charge is -2.35. The number of primary amides is 1. The summed E-state index contributed by atoms with van der Waals surface area (Å²) in [5.74, 6) is -2.07. The van der Waals surface area contributed by atoms with Crippen molar-refractivity contribution in [3.05, 3.63) is 0 Å². The summed E-state index contributed by atoms with van der Waals surface area (Å²) >= 11 is 0. The molecule has 20 heavy (non-hydrogen) atoms. The zero-order chi connectivity index (χ0) is 15.2. The summed E-state index contributed by atoms with van der Waals surface area (Å²) < 4.78 is 0. The second-order valence-electron chi connectivity index (χ2n) is 5.41. The van der Waals surface area contributed by atoms with E-state index in [-0.39, 0.29) is 25.3 Å². The molecule has 1 atom stereocenters. The number of hydrogen-bond donors (Lipinski definition) is 4. The first-order valence-electron chi connectivity index (χ1n) is 6.93. The lowest BCUT2D eigenvalue weighted by molar-refractivity contribution is -0.144. The van der Waals surface area contributed by atoms with Crippen LogP contribution >= 0.6 is 0 Å². The zero-order valence-electron chi connectivity index (χ0n) is 11.6. The topological polar surface area (TPSA) is 136 Å². The molecule has 7 heteroatoms. The van der Waals surface area contributed by atoms with Crippen molar-refractivity contribution in [2.45, 2.75) is 51.0 Å². The molecule has 0 bridgehead atoms. The van der Waals surface area contributed by atoms with Gasteiger partial charge in [0.25, 0.3) is 0 Å². The fourth-order valence-corrected chi connectivity index (χ4v) is 2.61. The minimum absolute atomic E-state index is 0.00292. The number of rotatable bonds is 7. The number of hydrogen-bond acceptors (Lipinski definition) is 4. The molecule has 1 rings (SSSR count). The van der Waals surface area contributed by atoms with Crippen molar-refractivity contribution in [3.8, 4) is 0 Å². The van der Waals surface area contributed by atoms with Crippen molar-refractivity contribution in [2.24, 2.45) is 16.9 Å². The summed E-state index contributed by atoms with van der Waals surface area (Å²) in [6, 6.07) is -1.10. The van der Waals surface area contributed by atoms with Gasteiger partial charge in [-0.3, -0.25) is 9.59 Å². The smallest absolute Gasteiger partial charge is 0.326 e. The Balaban J connectivity index is 2.68. The Hall–Kier alpha value is -1.63. The van der Waals surface area contributed by atoms with Gasteiger partial charge in [0, 0.05) is 13.0 Å². The molecule has 1 aliphatic rings.